The first-order valence-electron chi connectivity index (χ1n) is 3.04. The summed E-state index contributed by atoms with van der Waals surface area (Å²) in [7, 11) is 0. The number of imide groups is 1. The molecule has 63 valence electrons. The Bertz CT molecular complexity index is 258. The van der Waals surface area contributed by atoms with Crippen LogP contribution in [0.4, 0.5) is 0 Å². The zero-order chi connectivity index (χ0) is 8.97. The van der Waals surface area contributed by atoms with Crippen molar-refractivity contribution in [3.8, 4) is 0 Å². The number of carbonyl (C=O) groups is 2. The molecule has 12 heavy (non-hydrogen) atoms. The molecule has 1 aliphatic heterocycles. The molecular weight excluding hydrogens is 164 g/mol. The average Bonchev–Trinajstić information content (AvgIpc) is 2.31. The SMILES string of the molecule is O=[C]CONC1=CC(=O)NC1=O. The summed E-state index contributed by atoms with van der Waals surface area (Å²) in [5.41, 5.74) is 2.11. The summed E-state index contributed by atoms with van der Waals surface area (Å²) in [6.07, 6.45) is 2.47. The third-order valence-corrected chi connectivity index (χ3v) is 1.07. The highest BCUT2D eigenvalue weighted by molar-refractivity contribution is 6.15. The maximum absolute atomic E-state index is 10.7. The predicted octanol–water partition coefficient (Wildman–Crippen LogP) is -1.84. The van der Waals surface area contributed by atoms with Gasteiger partial charge in [0.1, 0.15) is 12.3 Å². The van der Waals surface area contributed by atoms with Gasteiger partial charge in [0.25, 0.3) is 11.8 Å². The molecule has 0 spiro atoms. The van der Waals surface area contributed by atoms with Crippen LogP contribution in [0, 0.1) is 0 Å². The van der Waals surface area contributed by atoms with E-state index in [1.807, 2.05) is 5.32 Å². The Morgan fingerprint density at radius 3 is 2.83 bits per heavy atom. The molecule has 0 fully saturated rings. The van der Waals surface area contributed by atoms with E-state index in [4.69, 9.17) is 0 Å². The van der Waals surface area contributed by atoms with Crippen LogP contribution in [0.15, 0.2) is 11.8 Å². The van der Waals surface area contributed by atoms with Gasteiger partial charge in [-0.05, 0) is 0 Å². The second kappa shape index (κ2) is 3.63. The molecule has 0 unspecified atom stereocenters. The van der Waals surface area contributed by atoms with E-state index in [9.17, 15) is 14.4 Å². The Labute approximate surface area is 67.5 Å². The molecule has 1 heterocycles. The van der Waals surface area contributed by atoms with Crippen molar-refractivity contribution in [2.45, 2.75) is 0 Å². The van der Waals surface area contributed by atoms with Gasteiger partial charge in [-0.25, -0.2) is 0 Å². The summed E-state index contributed by atoms with van der Waals surface area (Å²) in [4.78, 5) is 35.3. The summed E-state index contributed by atoms with van der Waals surface area (Å²) in [5, 5.41) is 1.98. The van der Waals surface area contributed by atoms with Gasteiger partial charge < -0.3 is 0 Å². The zero-order valence-corrected chi connectivity index (χ0v) is 5.92. The van der Waals surface area contributed by atoms with Crippen molar-refractivity contribution in [1.29, 1.82) is 0 Å². The van der Waals surface area contributed by atoms with E-state index in [-0.39, 0.29) is 12.3 Å². The van der Waals surface area contributed by atoms with E-state index in [1.54, 1.807) is 0 Å². The van der Waals surface area contributed by atoms with E-state index in [2.05, 4.69) is 10.3 Å². The normalized spacial score (nSPS) is 15.5. The molecular formula is C6H5N2O4. The molecule has 6 nitrogen and oxygen atoms in total. The second-order valence-corrected chi connectivity index (χ2v) is 1.91. The third-order valence-electron chi connectivity index (χ3n) is 1.07. The average molecular weight is 169 g/mol. The van der Waals surface area contributed by atoms with Gasteiger partial charge in [0, 0.05) is 6.08 Å². The molecule has 6 heteroatoms. The van der Waals surface area contributed by atoms with Gasteiger partial charge in [0.05, 0.1) is 0 Å². The molecule has 0 aromatic rings. The highest BCUT2D eigenvalue weighted by atomic mass is 16.6. The molecule has 0 aliphatic carbocycles. The first-order chi connectivity index (χ1) is 5.74. The molecule has 1 radical (unpaired) electrons. The maximum atomic E-state index is 10.7. The van der Waals surface area contributed by atoms with E-state index in [1.165, 1.54) is 6.29 Å². The minimum absolute atomic E-state index is 0.0183. The van der Waals surface area contributed by atoms with Gasteiger partial charge in [0.2, 0.25) is 6.29 Å². The predicted molar refractivity (Wildman–Crippen MR) is 36.0 cm³/mol. The minimum Gasteiger partial charge on any atom is -0.288 e. The Morgan fingerprint density at radius 1 is 1.58 bits per heavy atom. The molecule has 2 N–H and O–H groups in total. The van der Waals surface area contributed by atoms with E-state index in [0.29, 0.717) is 0 Å². The van der Waals surface area contributed by atoms with Gasteiger partial charge in [-0.15, -0.1) is 0 Å². The summed E-state index contributed by atoms with van der Waals surface area (Å²) in [6, 6.07) is 0. The number of hydrogen-bond acceptors (Lipinski definition) is 5. The smallest absolute Gasteiger partial charge is 0.276 e. The van der Waals surface area contributed by atoms with Crippen LogP contribution in [0.3, 0.4) is 0 Å². The lowest BCUT2D eigenvalue weighted by atomic mass is 10.5. The molecule has 0 saturated heterocycles. The highest BCUT2D eigenvalue weighted by Crippen LogP contribution is 1.96. The van der Waals surface area contributed by atoms with Crippen LogP contribution in [0.25, 0.3) is 0 Å². The number of amides is 2. The Balaban J connectivity index is 2.41. The summed E-state index contributed by atoms with van der Waals surface area (Å²) < 4.78 is 0. The van der Waals surface area contributed by atoms with Gasteiger partial charge >= 0.3 is 0 Å². The fourth-order valence-corrected chi connectivity index (χ4v) is 0.631. The zero-order valence-electron chi connectivity index (χ0n) is 5.92. The molecule has 0 saturated carbocycles. The lowest BCUT2D eigenvalue weighted by Crippen LogP contribution is -2.27. The Morgan fingerprint density at radius 2 is 2.33 bits per heavy atom. The van der Waals surface area contributed by atoms with E-state index in [0.717, 1.165) is 6.08 Å². The number of hydroxylamine groups is 1. The number of hydrogen-bond donors (Lipinski definition) is 2. The lowest BCUT2D eigenvalue weighted by Gasteiger charge is -2.00. The number of nitrogens with one attached hydrogen (secondary N) is 2. The quantitative estimate of drug-likeness (QED) is 0.293. The van der Waals surface area contributed by atoms with Crippen molar-refractivity contribution in [2.24, 2.45) is 0 Å². The van der Waals surface area contributed by atoms with Gasteiger partial charge in [-0.3, -0.25) is 30.0 Å². The molecule has 0 aromatic heterocycles. The number of carbonyl (C=O) groups excluding carboxylic acids is 3. The van der Waals surface area contributed by atoms with Crippen LogP contribution in [-0.4, -0.2) is 24.7 Å². The van der Waals surface area contributed by atoms with Gasteiger partial charge in [-0.1, -0.05) is 0 Å². The molecule has 0 aromatic carbocycles. The van der Waals surface area contributed by atoms with Crippen molar-refractivity contribution in [1.82, 2.24) is 10.8 Å². The van der Waals surface area contributed by atoms with Crippen molar-refractivity contribution < 1.29 is 19.2 Å². The van der Waals surface area contributed by atoms with Crippen molar-refractivity contribution in [3.05, 3.63) is 11.8 Å². The molecule has 1 rings (SSSR count). The summed E-state index contributed by atoms with van der Waals surface area (Å²) >= 11 is 0. The van der Waals surface area contributed by atoms with Gasteiger partial charge in [-0.2, -0.15) is 0 Å². The Kier molecular flexibility index (Phi) is 2.54. The summed E-state index contributed by atoms with van der Waals surface area (Å²) in [6.45, 7) is -0.307. The van der Waals surface area contributed by atoms with Crippen molar-refractivity contribution >= 4 is 18.1 Å². The maximum Gasteiger partial charge on any atom is 0.276 e. The van der Waals surface area contributed by atoms with Crippen LogP contribution in [-0.2, 0) is 19.2 Å². The Hall–Kier alpha value is -1.69. The van der Waals surface area contributed by atoms with E-state index < -0.39 is 11.8 Å². The summed E-state index contributed by atoms with van der Waals surface area (Å²) in [5.74, 6) is -1.09. The lowest BCUT2D eigenvalue weighted by molar-refractivity contribution is -0.124. The van der Waals surface area contributed by atoms with Crippen molar-refractivity contribution in [2.75, 3.05) is 6.61 Å². The van der Waals surface area contributed by atoms with Gasteiger partial charge in [0.15, 0.2) is 0 Å². The number of rotatable bonds is 4. The largest absolute Gasteiger partial charge is 0.288 e. The fraction of sp³-hybridized carbons (Fsp3) is 0.167. The fourth-order valence-electron chi connectivity index (χ4n) is 0.631. The van der Waals surface area contributed by atoms with Crippen molar-refractivity contribution in [3.63, 3.8) is 0 Å². The molecule has 1 aliphatic rings. The molecule has 0 bridgehead atoms. The van der Waals surface area contributed by atoms with E-state index >= 15 is 0 Å². The highest BCUT2D eigenvalue weighted by Gasteiger charge is 2.20. The van der Waals surface area contributed by atoms with Crippen LogP contribution >= 0.6 is 0 Å². The minimum atomic E-state index is -0.578. The topological polar surface area (TPSA) is 84.5 Å². The molecule has 2 amide bonds. The van der Waals surface area contributed by atoms with Crippen LogP contribution in [0.5, 0.6) is 0 Å². The third kappa shape index (κ3) is 1.89. The first kappa shape index (κ1) is 8.41. The standard InChI is InChI=1S/C6H5N2O4/c9-1-2-12-8-4-3-5(10)7-6(4)11/h3H,2H2,(H2,7,8,10,11). The molecule has 0 atom stereocenters. The monoisotopic (exact) mass is 169 g/mol. The first-order valence-corrected chi connectivity index (χ1v) is 3.04. The van der Waals surface area contributed by atoms with Crippen LogP contribution < -0.4 is 10.8 Å². The second-order valence-electron chi connectivity index (χ2n) is 1.91. The van der Waals surface area contributed by atoms with Crippen LogP contribution in [0.1, 0.15) is 0 Å². The van der Waals surface area contributed by atoms with Crippen LogP contribution in [0.2, 0.25) is 0 Å².